The summed E-state index contributed by atoms with van der Waals surface area (Å²) in [5.41, 5.74) is 3.82. The summed E-state index contributed by atoms with van der Waals surface area (Å²) >= 11 is 0. The largest absolute Gasteiger partial charge is 1.00 e. The van der Waals surface area contributed by atoms with Crippen LogP contribution >= 0.6 is 0 Å². The second-order valence-corrected chi connectivity index (χ2v) is 3.07. The molecule has 1 aliphatic carbocycles. The van der Waals surface area contributed by atoms with Gasteiger partial charge in [-0.3, -0.25) is 0 Å². The average molecular weight is 405 g/mol. The van der Waals surface area contributed by atoms with Gasteiger partial charge in [0, 0.05) is 25.8 Å². The third kappa shape index (κ3) is 4.67. The van der Waals surface area contributed by atoms with Crippen LogP contribution in [0.5, 0.6) is 0 Å². The monoisotopic (exact) mass is 405 g/mol. The Balaban J connectivity index is 0. The maximum atomic E-state index is 3.31. The molecular weight excluding hydrogens is 394 g/mol. The third-order valence-electron chi connectivity index (χ3n) is 2.02. The molecule has 0 aliphatic heterocycles. The fourth-order valence-corrected chi connectivity index (χ4v) is 1.42. The van der Waals surface area contributed by atoms with E-state index in [0.717, 1.165) is 6.42 Å². The quantitative estimate of drug-likeness (QED) is 0.349. The molecule has 1 aromatic carbocycles. The van der Waals surface area contributed by atoms with Crippen LogP contribution in [0.15, 0.2) is 36.4 Å². The standard InChI is InChI=1S/C12H11.2ClH.Hf/c1-10-5-4-8-12(9-10)11-6-2-3-7-11;;;/h2,4-6,8-9H,3H2,1H3;2*1H;/q-1;;;/p-2. The fourth-order valence-electron chi connectivity index (χ4n) is 1.42. The molecule has 0 unspecified atom stereocenters. The maximum Gasteiger partial charge on any atom is 0 e. The van der Waals surface area contributed by atoms with E-state index in [-0.39, 0.29) is 50.7 Å². The number of hydrogen-bond acceptors (Lipinski definition) is 0. The van der Waals surface area contributed by atoms with E-state index in [1.54, 1.807) is 0 Å². The van der Waals surface area contributed by atoms with Crippen molar-refractivity contribution in [2.24, 2.45) is 0 Å². The Labute approximate surface area is 122 Å². The van der Waals surface area contributed by atoms with Crippen LogP contribution in [-0.4, -0.2) is 0 Å². The number of aryl methyl sites for hydroxylation is 1. The van der Waals surface area contributed by atoms with Gasteiger partial charge in [0.05, 0.1) is 0 Å². The minimum atomic E-state index is 0. The van der Waals surface area contributed by atoms with Crippen molar-refractivity contribution in [3.63, 3.8) is 0 Å². The summed E-state index contributed by atoms with van der Waals surface area (Å²) in [7, 11) is 0. The average Bonchev–Trinajstić information content (AvgIpc) is 2.56. The van der Waals surface area contributed by atoms with Crippen LogP contribution in [0.2, 0.25) is 0 Å². The molecule has 0 fully saturated rings. The Morgan fingerprint density at radius 3 is 2.47 bits per heavy atom. The van der Waals surface area contributed by atoms with E-state index in [0.29, 0.717) is 0 Å². The van der Waals surface area contributed by atoms with Crippen molar-refractivity contribution in [2.75, 3.05) is 0 Å². The molecule has 1 aromatic rings. The van der Waals surface area contributed by atoms with Gasteiger partial charge < -0.3 is 24.8 Å². The fraction of sp³-hybridized carbons (Fsp3) is 0.167. The second-order valence-electron chi connectivity index (χ2n) is 3.07. The summed E-state index contributed by atoms with van der Waals surface area (Å²) in [6, 6.07) is 8.53. The van der Waals surface area contributed by atoms with Crippen LogP contribution in [0.25, 0.3) is 5.57 Å². The number of hydrogen-bond donors (Lipinski definition) is 0. The van der Waals surface area contributed by atoms with Crippen LogP contribution in [-0.2, 0) is 25.8 Å². The molecule has 15 heavy (non-hydrogen) atoms. The van der Waals surface area contributed by atoms with Crippen LogP contribution in [0.4, 0.5) is 0 Å². The molecule has 3 heteroatoms. The van der Waals surface area contributed by atoms with Crippen molar-refractivity contribution in [3.8, 4) is 0 Å². The zero-order chi connectivity index (χ0) is 8.39. The van der Waals surface area contributed by atoms with E-state index in [4.69, 9.17) is 0 Å². The summed E-state index contributed by atoms with van der Waals surface area (Å²) in [5, 5.41) is 0. The molecule has 0 saturated heterocycles. The number of allylic oxidation sites excluding steroid dienone is 4. The molecule has 2 rings (SSSR count). The molecule has 0 amide bonds. The summed E-state index contributed by atoms with van der Waals surface area (Å²) in [6.07, 6.45) is 8.54. The van der Waals surface area contributed by atoms with Crippen LogP contribution in [0.1, 0.15) is 17.5 Å². The smallest absolute Gasteiger partial charge is 0 e. The number of halogens is 2. The molecule has 0 atom stereocenters. The molecular formula is C12H11Cl2Hf-3. The van der Waals surface area contributed by atoms with Gasteiger partial charge in [-0.15, -0.1) is 23.8 Å². The van der Waals surface area contributed by atoms with E-state index in [2.05, 4.69) is 49.4 Å². The minimum Gasteiger partial charge on any atom is -1.00 e. The summed E-state index contributed by atoms with van der Waals surface area (Å²) in [4.78, 5) is 0. The molecule has 0 radical (unpaired) electrons. The predicted molar refractivity (Wildman–Crippen MR) is 51.6 cm³/mol. The van der Waals surface area contributed by atoms with Crippen LogP contribution in [0, 0.1) is 13.0 Å². The summed E-state index contributed by atoms with van der Waals surface area (Å²) in [5.74, 6) is 0. The summed E-state index contributed by atoms with van der Waals surface area (Å²) in [6.45, 7) is 2.11. The molecule has 0 nitrogen and oxygen atoms in total. The van der Waals surface area contributed by atoms with Gasteiger partial charge in [-0.1, -0.05) is 24.1 Å². The van der Waals surface area contributed by atoms with Crippen molar-refractivity contribution < 1.29 is 50.7 Å². The van der Waals surface area contributed by atoms with Gasteiger partial charge in [0.1, 0.15) is 0 Å². The Kier molecular flexibility index (Phi) is 9.73. The van der Waals surface area contributed by atoms with Crippen molar-refractivity contribution in [1.29, 1.82) is 0 Å². The first-order chi connectivity index (χ1) is 5.86. The van der Waals surface area contributed by atoms with Gasteiger partial charge in [-0.2, -0.15) is 17.7 Å². The second kappa shape index (κ2) is 8.32. The van der Waals surface area contributed by atoms with Gasteiger partial charge in [0.15, 0.2) is 0 Å². The van der Waals surface area contributed by atoms with E-state index in [1.165, 1.54) is 16.7 Å². The molecule has 0 saturated carbocycles. The SMILES string of the molecule is Cc1cccc(C2=[C-]CC=C2)c1.[Cl-].[Cl-].[Hf]. The van der Waals surface area contributed by atoms with Crippen molar-refractivity contribution >= 4 is 5.57 Å². The van der Waals surface area contributed by atoms with Gasteiger partial charge in [0.25, 0.3) is 0 Å². The third-order valence-corrected chi connectivity index (χ3v) is 2.02. The first-order valence-electron chi connectivity index (χ1n) is 4.21. The van der Waals surface area contributed by atoms with Gasteiger partial charge in [-0.05, 0) is 6.92 Å². The van der Waals surface area contributed by atoms with Crippen molar-refractivity contribution in [1.82, 2.24) is 0 Å². The van der Waals surface area contributed by atoms with Gasteiger partial charge in [-0.25, -0.2) is 0 Å². The first kappa shape index (κ1) is 17.5. The normalized spacial score (nSPS) is 11.9. The molecule has 0 bridgehead atoms. The van der Waals surface area contributed by atoms with Gasteiger partial charge >= 0.3 is 0 Å². The summed E-state index contributed by atoms with van der Waals surface area (Å²) < 4.78 is 0. The Morgan fingerprint density at radius 1 is 1.20 bits per heavy atom. The molecule has 0 aromatic heterocycles. The first-order valence-corrected chi connectivity index (χ1v) is 4.21. The zero-order valence-electron chi connectivity index (χ0n) is 8.43. The molecule has 80 valence electrons. The Morgan fingerprint density at radius 2 is 1.93 bits per heavy atom. The van der Waals surface area contributed by atoms with Crippen LogP contribution in [0.3, 0.4) is 0 Å². The molecule has 0 heterocycles. The van der Waals surface area contributed by atoms with Gasteiger partial charge in [0.2, 0.25) is 0 Å². The van der Waals surface area contributed by atoms with E-state index < -0.39 is 0 Å². The molecule has 0 N–H and O–H groups in total. The van der Waals surface area contributed by atoms with E-state index in [1.807, 2.05) is 0 Å². The maximum absolute atomic E-state index is 3.31. The Hall–Kier alpha value is 0.150. The van der Waals surface area contributed by atoms with Crippen LogP contribution < -0.4 is 24.8 Å². The zero-order valence-corrected chi connectivity index (χ0v) is 13.5. The topological polar surface area (TPSA) is 0 Å². The van der Waals surface area contributed by atoms with E-state index >= 15 is 0 Å². The minimum absolute atomic E-state index is 0. The van der Waals surface area contributed by atoms with E-state index in [9.17, 15) is 0 Å². The molecule has 1 aliphatic rings. The number of rotatable bonds is 1. The molecule has 0 spiro atoms. The van der Waals surface area contributed by atoms with Crippen molar-refractivity contribution in [3.05, 3.63) is 53.6 Å². The predicted octanol–water partition coefficient (Wildman–Crippen LogP) is -2.85. The number of benzene rings is 1. The Bertz CT molecular complexity index is 356. The van der Waals surface area contributed by atoms with Crippen molar-refractivity contribution in [2.45, 2.75) is 13.3 Å².